The Labute approximate surface area is 132 Å². The molecule has 1 fully saturated rings. The van der Waals surface area contributed by atoms with E-state index in [0.717, 1.165) is 25.1 Å². The number of pyridine rings is 1. The van der Waals surface area contributed by atoms with Gasteiger partial charge >= 0.3 is 6.09 Å². The molecule has 5 nitrogen and oxygen atoms in total. The quantitative estimate of drug-likeness (QED) is 0.857. The molecule has 2 heterocycles. The molecule has 122 valence electrons. The van der Waals surface area contributed by atoms with E-state index in [0.29, 0.717) is 25.7 Å². The average Bonchev–Trinajstić information content (AvgIpc) is 2.47. The summed E-state index contributed by atoms with van der Waals surface area (Å²) in [5.41, 5.74) is 0.488. The Morgan fingerprint density at radius 3 is 2.91 bits per heavy atom. The molecule has 0 aromatic carbocycles. The standard InChI is InChI=1S/C17H26N2O3/c1-17(2,3)22-16(20)19-10-6-7-14(11-19)12-21-13-15-8-4-5-9-18-15/h4-5,8-9,14H,6-7,10-13H2,1-3H3/t14-/m0/s1. The van der Waals surface area contributed by atoms with Crippen LogP contribution in [-0.4, -0.2) is 41.3 Å². The normalized spacial score (nSPS) is 19.0. The van der Waals surface area contributed by atoms with Gasteiger partial charge in [0.2, 0.25) is 0 Å². The van der Waals surface area contributed by atoms with Crippen molar-refractivity contribution < 1.29 is 14.3 Å². The molecule has 0 saturated carbocycles. The Kier molecular flexibility index (Phi) is 5.77. The second kappa shape index (κ2) is 7.58. The molecular formula is C17H26N2O3. The van der Waals surface area contributed by atoms with Crippen molar-refractivity contribution in [3.8, 4) is 0 Å². The number of hydrogen-bond donors (Lipinski definition) is 0. The number of rotatable bonds is 4. The van der Waals surface area contributed by atoms with Gasteiger partial charge in [-0.1, -0.05) is 6.07 Å². The van der Waals surface area contributed by atoms with Gasteiger partial charge in [-0.25, -0.2) is 4.79 Å². The maximum Gasteiger partial charge on any atom is 0.410 e. The van der Waals surface area contributed by atoms with Crippen LogP contribution in [0.1, 0.15) is 39.3 Å². The molecule has 22 heavy (non-hydrogen) atoms. The molecule has 0 bridgehead atoms. The first-order valence-corrected chi connectivity index (χ1v) is 7.89. The third kappa shape index (κ3) is 5.64. The van der Waals surface area contributed by atoms with Gasteiger partial charge in [-0.3, -0.25) is 4.98 Å². The molecule has 1 aliphatic rings. The predicted octanol–water partition coefficient (Wildman–Crippen LogP) is 3.25. The lowest BCUT2D eigenvalue weighted by molar-refractivity contribution is 0.00568. The van der Waals surface area contributed by atoms with Crippen LogP contribution in [0.25, 0.3) is 0 Å². The summed E-state index contributed by atoms with van der Waals surface area (Å²) in [6, 6.07) is 5.80. The number of amides is 1. The number of hydrogen-bond acceptors (Lipinski definition) is 4. The van der Waals surface area contributed by atoms with Crippen LogP contribution in [-0.2, 0) is 16.1 Å². The van der Waals surface area contributed by atoms with Crippen molar-refractivity contribution in [2.45, 2.75) is 45.8 Å². The largest absolute Gasteiger partial charge is 0.444 e. The minimum atomic E-state index is -0.445. The molecule has 2 rings (SSSR count). The molecule has 0 spiro atoms. The van der Waals surface area contributed by atoms with Crippen molar-refractivity contribution in [3.05, 3.63) is 30.1 Å². The van der Waals surface area contributed by atoms with Crippen molar-refractivity contribution in [1.29, 1.82) is 0 Å². The zero-order chi connectivity index (χ0) is 16.0. The Morgan fingerprint density at radius 2 is 2.23 bits per heavy atom. The highest BCUT2D eigenvalue weighted by Gasteiger charge is 2.27. The van der Waals surface area contributed by atoms with E-state index >= 15 is 0 Å². The summed E-state index contributed by atoms with van der Waals surface area (Å²) in [5, 5.41) is 0. The van der Waals surface area contributed by atoms with E-state index in [2.05, 4.69) is 4.98 Å². The molecule has 0 aliphatic carbocycles. The van der Waals surface area contributed by atoms with Crippen molar-refractivity contribution in [2.24, 2.45) is 5.92 Å². The number of likely N-dealkylation sites (tertiary alicyclic amines) is 1. The topological polar surface area (TPSA) is 51.7 Å². The maximum absolute atomic E-state index is 12.1. The highest BCUT2D eigenvalue weighted by Crippen LogP contribution is 2.19. The van der Waals surface area contributed by atoms with Gasteiger partial charge in [0.25, 0.3) is 0 Å². The van der Waals surface area contributed by atoms with Gasteiger partial charge in [-0.05, 0) is 45.7 Å². The lowest BCUT2D eigenvalue weighted by atomic mass is 9.99. The molecule has 1 aromatic rings. The van der Waals surface area contributed by atoms with Gasteiger partial charge in [0.15, 0.2) is 0 Å². The lowest BCUT2D eigenvalue weighted by Crippen LogP contribution is -2.43. The second-order valence-electron chi connectivity index (χ2n) is 6.77. The third-order valence-electron chi connectivity index (χ3n) is 3.50. The van der Waals surface area contributed by atoms with Crippen LogP contribution in [0.4, 0.5) is 4.79 Å². The first kappa shape index (κ1) is 16.7. The van der Waals surface area contributed by atoms with E-state index in [-0.39, 0.29) is 6.09 Å². The Balaban J connectivity index is 1.75. The van der Waals surface area contributed by atoms with Crippen molar-refractivity contribution in [2.75, 3.05) is 19.7 Å². The van der Waals surface area contributed by atoms with Crippen LogP contribution in [0.5, 0.6) is 0 Å². The zero-order valence-electron chi connectivity index (χ0n) is 13.7. The molecule has 1 amide bonds. The van der Waals surface area contributed by atoms with Crippen LogP contribution in [0, 0.1) is 5.92 Å². The van der Waals surface area contributed by atoms with Crippen molar-refractivity contribution in [1.82, 2.24) is 9.88 Å². The molecule has 1 atom stereocenters. The number of piperidine rings is 1. The van der Waals surface area contributed by atoms with Crippen LogP contribution in [0.3, 0.4) is 0 Å². The third-order valence-corrected chi connectivity index (χ3v) is 3.50. The summed E-state index contributed by atoms with van der Waals surface area (Å²) >= 11 is 0. The van der Waals surface area contributed by atoms with Gasteiger partial charge in [-0.15, -0.1) is 0 Å². The highest BCUT2D eigenvalue weighted by atomic mass is 16.6. The van der Waals surface area contributed by atoms with Gasteiger partial charge in [0.1, 0.15) is 5.60 Å². The minimum absolute atomic E-state index is 0.220. The summed E-state index contributed by atoms with van der Waals surface area (Å²) in [7, 11) is 0. The predicted molar refractivity (Wildman–Crippen MR) is 84.4 cm³/mol. The van der Waals surface area contributed by atoms with E-state index in [1.165, 1.54) is 0 Å². The zero-order valence-corrected chi connectivity index (χ0v) is 13.7. The molecule has 5 heteroatoms. The van der Waals surface area contributed by atoms with Gasteiger partial charge < -0.3 is 14.4 Å². The Bertz CT molecular complexity index is 471. The average molecular weight is 306 g/mol. The monoisotopic (exact) mass is 306 g/mol. The van der Waals surface area contributed by atoms with Crippen LogP contribution in [0.2, 0.25) is 0 Å². The number of nitrogens with zero attached hydrogens (tertiary/aromatic N) is 2. The summed E-state index contributed by atoms with van der Waals surface area (Å²) in [4.78, 5) is 18.1. The van der Waals surface area contributed by atoms with Crippen LogP contribution >= 0.6 is 0 Å². The SMILES string of the molecule is CC(C)(C)OC(=O)N1CCC[C@H](COCc2ccccn2)C1. The van der Waals surface area contributed by atoms with Crippen molar-refractivity contribution >= 4 is 6.09 Å². The first-order valence-electron chi connectivity index (χ1n) is 7.89. The maximum atomic E-state index is 12.1. The number of carbonyl (C=O) groups is 1. The smallest absolute Gasteiger partial charge is 0.410 e. The molecule has 0 N–H and O–H groups in total. The fourth-order valence-corrected chi connectivity index (χ4v) is 2.51. The lowest BCUT2D eigenvalue weighted by Gasteiger charge is -2.34. The van der Waals surface area contributed by atoms with E-state index in [1.807, 2.05) is 39.0 Å². The number of aromatic nitrogens is 1. The fourth-order valence-electron chi connectivity index (χ4n) is 2.51. The molecular weight excluding hydrogens is 280 g/mol. The summed E-state index contributed by atoms with van der Waals surface area (Å²) < 4.78 is 11.2. The van der Waals surface area contributed by atoms with E-state index in [9.17, 15) is 4.79 Å². The fraction of sp³-hybridized carbons (Fsp3) is 0.647. The van der Waals surface area contributed by atoms with Gasteiger partial charge in [-0.2, -0.15) is 0 Å². The summed E-state index contributed by atoms with van der Waals surface area (Å²) in [6.07, 6.45) is 3.63. The Hall–Kier alpha value is -1.62. The molecule has 1 saturated heterocycles. The molecule has 0 radical (unpaired) electrons. The highest BCUT2D eigenvalue weighted by molar-refractivity contribution is 5.68. The van der Waals surface area contributed by atoms with Crippen LogP contribution in [0.15, 0.2) is 24.4 Å². The molecule has 1 aromatic heterocycles. The van der Waals surface area contributed by atoms with Gasteiger partial charge in [0.05, 0.1) is 18.9 Å². The first-order chi connectivity index (χ1) is 10.4. The number of ether oxygens (including phenoxy) is 2. The molecule has 1 aliphatic heterocycles. The van der Waals surface area contributed by atoms with Crippen LogP contribution < -0.4 is 0 Å². The van der Waals surface area contributed by atoms with E-state index in [4.69, 9.17) is 9.47 Å². The minimum Gasteiger partial charge on any atom is -0.444 e. The summed E-state index contributed by atoms with van der Waals surface area (Å²) in [5.74, 6) is 0.366. The second-order valence-corrected chi connectivity index (χ2v) is 6.77. The van der Waals surface area contributed by atoms with E-state index < -0.39 is 5.60 Å². The van der Waals surface area contributed by atoms with Crippen molar-refractivity contribution in [3.63, 3.8) is 0 Å². The Morgan fingerprint density at radius 1 is 1.41 bits per heavy atom. The molecule has 0 unspecified atom stereocenters. The van der Waals surface area contributed by atoms with E-state index in [1.54, 1.807) is 11.1 Å². The number of carbonyl (C=O) groups excluding carboxylic acids is 1. The summed E-state index contributed by atoms with van der Waals surface area (Å²) in [6.45, 7) is 8.31. The van der Waals surface area contributed by atoms with Gasteiger partial charge in [0, 0.05) is 25.2 Å².